The monoisotopic (exact) mass is 448 g/mol. The Hall–Kier alpha value is -4.58. The third kappa shape index (κ3) is 3.55. The van der Waals surface area contributed by atoms with E-state index < -0.39 is 0 Å². The molecule has 5 aromatic rings. The second kappa shape index (κ2) is 7.78. The van der Waals surface area contributed by atoms with Gasteiger partial charge < -0.3 is 5.32 Å². The number of carbonyl (C=O) groups is 1. The number of nitriles is 1. The van der Waals surface area contributed by atoms with Crippen LogP contribution in [0, 0.1) is 17.2 Å². The highest BCUT2D eigenvalue weighted by Crippen LogP contribution is 2.30. The van der Waals surface area contributed by atoms with Gasteiger partial charge in [0.25, 0.3) is 0 Å². The summed E-state index contributed by atoms with van der Waals surface area (Å²) in [6, 6.07) is 17.4. The van der Waals surface area contributed by atoms with Gasteiger partial charge in [0.15, 0.2) is 17.1 Å². The van der Waals surface area contributed by atoms with Crippen molar-refractivity contribution < 1.29 is 4.79 Å². The van der Waals surface area contributed by atoms with Crippen LogP contribution in [0.2, 0.25) is 0 Å². The van der Waals surface area contributed by atoms with Crippen molar-refractivity contribution in [2.24, 2.45) is 5.92 Å². The van der Waals surface area contributed by atoms with Gasteiger partial charge >= 0.3 is 0 Å². The maximum Gasteiger partial charge on any atom is 0.228 e. The van der Waals surface area contributed by atoms with Crippen molar-refractivity contribution in [1.29, 1.82) is 5.26 Å². The Morgan fingerprint density at radius 2 is 1.79 bits per heavy atom. The van der Waals surface area contributed by atoms with Crippen LogP contribution in [0.1, 0.15) is 42.8 Å². The molecule has 1 N–H and O–H groups in total. The smallest absolute Gasteiger partial charge is 0.228 e. The molecule has 1 unspecified atom stereocenters. The van der Waals surface area contributed by atoms with E-state index in [9.17, 15) is 4.79 Å². The predicted octanol–water partition coefficient (Wildman–Crippen LogP) is 3.81. The number of benzene rings is 1. The number of fused-ring (bicyclic) bond motifs is 2. The molecule has 6 rings (SSSR count). The number of nitrogens with zero attached hydrogens (tertiary/aromatic N) is 7. The molecule has 4 aromatic heterocycles. The van der Waals surface area contributed by atoms with Crippen LogP contribution < -0.4 is 5.32 Å². The largest absolute Gasteiger partial charge is 0.309 e. The van der Waals surface area contributed by atoms with E-state index in [0.717, 1.165) is 41.1 Å². The maximum absolute atomic E-state index is 12.1. The van der Waals surface area contributed by atoms with E-state index in [2.05, 4.69) is 26.6 Å². The summed E-state index contributed by atoms with van der Waals surface area (Å²) in [5, 5.41) is 25.4. The molecule has 34 heavy (non-hydrogen) atoms. The summed E-state index contributed by atoms with van der Waals surface area (Å²) in [5.74, 6) is 1.27. The first kappa shape index (κ1) is 20.1. The third-order valence-electron chi connectivity index (χ3n) is 6.15. The Morgan fingerprint density at radius 1 is 1.03 bits per heavy atom. The van der Waals surface area contributed by atoms with Gasteiger partial charge in [-0.15, -0.1) is 10.2 Å². The Balaban J connectivity index is 1.32. The number of aromatic nitrogens is 6. The number of nitrogens with one attached hydrogen (secondary N) is 1. The number of amides is 1. The zero-order chi connectivity index (χ0) is 23.2. The lowest BCUT2D eigenvalue weighted by Crippen LogP contribution is -2.13. The number of hydrogen-bond donors (Lipinski definition) is 1. The number of rotatable bonds is 5. The molecule has 0 aliphatic heterocycles. The predicted molar refractivity (Wildman–Crippen MR) is 125 cm³/mol. The summed E-state index contributed by atoms with van der Waals surface area (Å²) in [5.41, 5.74) is 4.85. The highest BCUT2D eigenvalue weighted by molar-refractivity contribution is 5.93. The molecule has 1 fully saturated rings. The van der Waals surface area contributed by atoms with Gasteiger partial charge in [-0.2, -0.15) is 10.4 Å². The molecular weight excluding hydrogens is 428 g/mol. The molecule has 4 heterocycles. The molecule has 1 atom stereocenters. The second-order valence-corrected chi connectivity index (χ2v) is 8.57. The van der Waals surface area contributed by atoms with Gasteiger partial charge in [0.1, 0.15) is 5.82 Å². The molecule has 9 nitrogen and oxygen atoms in total. The SMILES string of the molecule is CC(c1ccc2nc(NC(=O)C3CC3)cn2n1)c1nnc2ccc(-c3ccc(C#N)cc3)cn12. The number of imidazole rings is 1. The normalized spacial score (nSPS) is 14.2. The van der Waals surface area contributed by atoms with Gasteiger partial charge in [-0.25, -0.2) is 9.50 Å². The number of hydrogen-bond acceptors (Lipinski definition) is 6. The molecule has 1 aliphatic carbocycles. The van der Waals surface area contributed by atoms with E-state index in [1.165, 1.54) is 0 Å². The Labute approximate surface area is 194 Å². The van der Waals surface area contributed by atoms with Gasteiger partial charge in [-0.1, -0.05) is 12.1 Å². The highest BCUT2D eigenvalue weighted by Gasteiger charge is 2.30. The van der Waals surface area contributed by atoms with Crippen molar-refractivity contribution in [2.75, 3.05) is 5.32 Å². The first-order chi connectivity index (χ1) is 16.6. The molecule has 1 aromatic carbocycles. The van der Waals surface area contributed by atoms with Crippen LogP contribution >= 0.6 is 0 Å². The van der Waals surface area contributed by atoms with E-state index in [1.807, 2.05) is 53.9 Å². The Bertz CT molecular complexity index is 1590. The minimum atomic E-state index is -0.137. The van der Waals surface area contributed by atoms with Crippen LogP contribution in [0.3, 0.4) is 0 Å². The van der Waals surface area contributed by atoms with Gasteiger partial charge in [0.2, 0.25) is 5.91 Å². The summed E-state index contributed by atoms with van der Waals surface area (Å²) >= 11 is 0. The molecule has 1 amide bonds. The van der Waals surface area contributed by atoms with Crippen molar-refractivity contribution in [3.63, 3.8) is 0 Å². The minimum absolute atomic E-state index is 0.0185. The van der Waals surface area contributed by atoms with Crippen LogP contribution in [-0.4, -0.2) is 35.1 Å². The Morgan fingerprint density at radius 3 is 2.56 bits per heavy atom. The van der Waals surface area contributed by atoms with Crippen molar-refractivity contribution in [3.05, 3.63) is 78.0 Å². The third-order valence-corrected chi connectivity index (χ3v) is 6.15. The standard InChI is InChI=1S/C25H20N8O/c1-15(20-9-11-22-27-21(14-33(22)31-20)28-25(34)18-6-7-18)24-30-29-23-10-8-19(13-32(23)24)17-4-2-16(12-26)3-5-17/h2-5,8-11,13-15,18H,6-7H2,1H3,(H,28,34). The molecule has 0 bridgehead atoms. The minimum Gasteiger partial charge on any atom is -0.309 e. The maximum atomic E-state index is 12.1. The summed E-state index contributed by atoms with van der Waals surface area (Å²) in [6.45, 7) is 2.03. The molecular formula is C25H20N8O. The van der Waals surface area contributed by atoms with Crippen molar-refractivity contribution in [3.8, 4) is 17.2 Å². The molecule has 0 radical (unpaired) electrons. The van der Waals surface area contributed by atoms with Crippen molar-refractivity contribution >= 4 is 23.0 Å². The van der Waals surface area contributed by atoms with E-state index >= 15 is 0 Å². The van der Waals surface area contributed by atoms with E-state index in [1.54, 1.807) is 22.8 Å². The van der Waals surface area contributed by atoms with Crippen molar-refractivity contribution in [2.45, 2.75) is 25.7 Å². The number of carbonyl (C=O) groups excluding carboxylic acids is 1. The fraction of sp³-hybridized carbons (Fsp3) is 0.200. The number of pyridine rings is 1. The van der Waals surface area contributed by atoms with Crippen LogP contribution in [0.4, 0.5) is 5.82 Å². The highest BCUT2D eigenvalue weighted by atomic mass is 16.2. The lowest BCUT2D eigenvalue weighted by atomic mass is 10.1. The molecule has 166 valence electrons. The molecule has 9 heteroatoms. The van der Waals surface area contributed by atoms with Crippen LogP contribution in [-0.2, 0) is 4.79 Å². The summed E-state index contributed by atoms with van der Waals surface area (Å²) in [4.78, 5) is 16.5. The van der Waals surface area contributed by atoms with E-state index in [0.29, 0.717) is 17.0 Å². The molecule has 0 spiro atoms. The summed E-state index contributed by atoms with van der Waals surface area (Å²) < 4.78 is 3.65. The van der Waals surface area contributed by atoms with Gasteiger partial charge in [-0.05, 0) is 67.3 Å². The lowest BCUT2D eigenvalue weighted by molar-refractivity contribution is -0.117. The number of anilines is 1. The molecule has 1 saturated carbocycles. The van der Waals surface area contributed by atoms with E-state index in [4.69, 9.17) is 10.4 Å². The van der Waals surface area contributed by atoms with Gasteiger partial charge in [-0.3, -0.25) is 9.20 Å². The summed E-state index contributed by atoms with van der Waals surface area (Å²) in [7, 11) is 0. The first-order valence-electron chi connectivity index (χ1n) is 11.1. The summed E-state index contributed by atoms with van der Waals surface area (Å²) in [6.07, 6.45) is 5.62. The van der Waals surface area contributed by atoms with Crippen LogP contribution in [0.5, 0.6) is 0 Å². The zero-order valence-electron chi connectivity index (χ0n) is 18.4. The topological polar surface area (TPSA) is 113 Å². The zero-order valence-corrected chi connectivity index (χ0v) is 18.4. The molecule has 1 aliphatic rings. The fourth-order valence-corrected chi connectivity index (χ4v) is 4.01. The lowest BCUT2D eigenvalue weighted by Gasteiger charge is -2.10. The molecule has 0 saturated heterocycles. The Kier molecular flexibility index (Phi) is 4.59. The van der Waals surface area contributed by atoms with Gasteiger partial charge in [0.05, 0.1) is 29.4 Å². The average molecular weight is 448 g/mol. The first-order valence-corrected chi connectivity index (χ1v) is 11.1. The fourth-order valence-electron chi connectivity index (χ4n) is 4.01. The van der Waals surface area contributed by atoms with Crippen LogP contribution in [0.25, 0.3) is 22.4 Å². The van der Waals surface area contributed by atoms with Crippen molar-refractivity contribution in [1.82, 2.24) is 29.2 Å². The van der Waals surface area contributed by atoms with E-state index in [-0.39, 0.29) is 17.7 Å². The quantitative estimate of drug-likeness (QED) is 0.437. The van der Waals surface area contributed by atoms with Crippen LogP contribution in [0.15, 0.2) is 60.9 Å². The average Bonchev–Trinajstić information content (AvgIpc) is 3.52. The van der Waals surface area contributed by atoms with Gasteiger partial charge in [0, 0.05) is 12.1 Å². The second-order valence-electron chi connectivity index (χ2n) is 8.57.